The third-order valence-electron chi connectivity index (χ3n) is 7.81. The number of ether oxygens (including phenoxy) is 2. The second-order valence-electron chi connectivity index (χ2n) is 10.4. The lowest BCUT2D eigenvalue weighted by Crippen LogP contribution is -2.34. The molecular weight excluding hydrogens is 520 g/mol. The summed E-state index contributed by atoms with van der Waals surface area (Å²) in [5.41, 5.74) is 4.30. The molecule has 2 aliphatic heterocycles. The zero-order valence-electron chi connectivity index (χ0n) is 22.9. The molecule has 40 heavy (non-hydrogen) atoms. The van der Waals surface area contributed by atoms with Gasteiger partial charge in [0, 0.05) is 41.7 Å². The van der Waals surface area contributed by atoms with Crippen molar-refractivity contribution in [3.63, 3.8) is 0 Å². The van der Waals surface area contributed by atoms with Crippen molar-refractivity contribution in [3.8, 4) is 11.5 Å². The summed E-state index contributed by atoms with van der Waals surface area (Å²) in [6.07, 6.45) is 4.55. The molecule has 1 unspecified atom stereocenters. The van der Waals surface area contributed by atoms with Crippen molar-refractivity contribution >= 4 is 34.8 Å². The van der Waals surface area contributed by atoms with Crippen LogP contribution in [0.2, 0.25) is 0 Å². The number of carbonyl (C=O) groups is 1. The lowest BCUT2D eigenvalue weighted by atomic mass is 9.77. The molecule has 4 aromatic rings. The van der Waals surface area contributed by atoms with Crippen LogP contribution in [0.15, 0.2) is 91.0 Å². The molecular formula is C34H33ClN2O3. The maximum absolute atomic E-state index is 13.3. The van der Waals surface area contributed by atoms with Gasteiger partial charge in [-0.15, -0.1) is 0 Å². The Kier molecular flexibility index (Phi) is 7.16. The van der Waals surface area contributed by atoms with E-state index in [1.54, 1.807) is 4.42 Å². The molecule has 0 bridgehead atoms. The molecule has 5 nitrogen and oxygen atoms in total. The number of para-hydroxylation sites is 1. The molecule has 0 amide bonds. The number of benzene rings is 4. The van der Waals surface area contributed by atoms with Gasteiger partial charge in [-0.25, -0.2) is 4.79 Å². The third kappa shape index (κ3) is 4.29. The predicted molar refractivity (Wildman–Crippen MR) is 161 cm³/mol. The Morgan fingerprint density at radius 3 is 2.17 bits per heavy atom. The van der Waals surface area contributed by atoms with E-state index in [-0.39, 0.29) is 5.97 Å². The Hall–Kier alpha value is -3.96. The molecule has 1 atom stereocenters. The molecule has 0 aliphatic carbocycles. The van der Waals surface area contributed by atoms with Gasteiger partial charge in [0.15, 0.2) is 5.60 Å². The Morgan fingerprint density at radius 1 is 0.750 bits per heavy atom. The molecule has 0 saturated carbocycles. The summed E-state index contributed by atoms with van der Waals surface area (Å²) >= 11 is 7.22. The van der Waals surface area contributed by atoms with E-state index in [0.29, 0.717) is 28.3 Å². The summed E-state index contributed by atoms with van der Waals surface area (Å²) in [4.78, 5) is 15.7. The smallest absolute Gasteiger partial charge is 0.340 e. The van der Waals surface area contributed by atoms with Gasteiger partial charge in [0.25, 0.3) is 0 Å². The highest BCUT2D eigenvalue weighted by atomic mass is 35.5. The number of halogens is 1. The highest BCUT2D eigenvalue weighted by molar-refractivity contribution is 6.30. The van der Waals surface area contributed by atoms with E-state index < -0.39 is 5.60 Å². The average Bonchev–Trinajstić information content (AvgIpc) is 3.29. The number of nitrogens with zero attached hydrogens (tertiary/aromatic N) is 2. The first-order valence-electron chi connectivity index (χ1n) is 14.1. The molecule has 2 aliphatic rings. The predicted octanol–water partition coefficient (Wildman–Crippen LogP) is 8.95. The summed E-state index contributed by atoms with van der Waals surface area (Å²) in [6.45, 7) is 6.45. The number of hydrogen-bond acceptors (Lipinski definition) is 5. The number of fused-ring (bicyclic) bond motifs is 6. The maximum Gasteiger partial charge on any atom is 0.340 e. The van der Waals surface area contributed by atoms with Gasteiger partial charge in [-0.3, -0.25) is 4.42 Å². The zero-order valence-corrected chi connectivity index (χ0v) is 23.7. The van der Waals surface area contributed by atoms with Crippen molar-refractivity contribution in [2.24, 2.45) is 0 Å². The first-order valence-corrected chi connectivity index (χ1v) is 14.5. The van der Waals surface area contributed by atoms with E-state index in [9.17, 15) is 4.79 Å². The van der Waals surface area contributed by atoms with Gasteiger partial charge >= 0.3 is 5.97 Å². The number of anilines is 3. The first kappa shape index (κ1) is 26.3. The van der Waals surface area contributed by atoms with Crippen molar-refractivity contribution in [3.05, 3.63) is 113 Å². The lowest BCUT2D eigenvalue weighted by molar-refractivity contribution is 0.0226. The third-order valence-corrected chi connectivity index (χ3v) is 8.19. The van der Waals surface area contributed by atoms with Crippen LogP contribution >= 0.6 is 11.8 Å². The molecule has 2 heterocycles. The summed E-state index contributed by atoms with van der Waals surface area (Å²) in [5.74, 6) is 0.899. The second kappa shape index (κ2) is 10.9. The summed E-state index contributed by atoms with van der Waals surface area (Å²) < 4.78 is 14.4. The molecule has 0 saturated heterocycles. The molecule has 6 heteroatoms. The van der Waals surface area contributed by atoms with Gasteiger partial charge in [0.2, 0.25) is 0 Å². The largest absolute Gasteiger partial charge is 0.456 e. The fraction of sp³-hybridized carbons (Fsp3) is 0.265. The summed E-state index contributed by atoms with van der Waals surface area (Å²) in [6, 6.07) is 29.4. The van der Waals surface area contributed by atoms with E-state index >= 15 is 0 Å². The number of unbranched alkanes of at least 4 members (excludes halogenated alkanes) is 2. The van der Waals surface area contributed by atoms with E-state index in [1.165, 1.54) is 0 Å². The maximum atomic E-state index is 13.3. The van der Waals surface area contributed by atoms with Crippen LogP contribution < -0.4 is 14.1 Å². The van der Waals surface area contributed by atoms with Gasteiger partial charge in [0.05, 0.1) is 22.5 Å². The quantitative estimate of drug-likeness (QED) is 0.153. The molecule has 0 N–H and O–H groups in total. The molecule has 0 fully saturated rings. The van der Waals surface area contributed by atoms with Crippen LogP contribution in [-0.4, -0.2) is 19.1 Å². The topological polar surface area (TPSA) is 42.0 Å². The van der Waals surface area contributed by atoms with E-state index in [0.717, 1.165) is 61.3 Å². The minimum atomic E-state index is -1.19. The van der Waals surface area contributed by atoms with Crippen molar-refractivity contribution in [2.45, 2.75) is 45.1 Å². The minimum Gasteiger partial charge on any atom is -0.456 e. The Bertz CT molecular complexity index is 1550. The molecule has 204 valence electrons. The molecule has 0 radical (unpaired) electrons. The molecule has 0 aromatic heterocycles. The Balaban J connectivity index is 1.49. The van der Waals surface area contributed by atoms with Gasteiger partial charge in [0.1, 0.15) is 11.5 Å². The fourth-order valence-electron chi connectivity index (χ4n) is 5.84. The zero-order chi connectivity index (χ0) is 27.7. The monoisotopic (exact) mass is 552 g/mol. The molecule has 4 aromatic carbocycles. The van der Waals surface area contributed by atoms with Gasteiger partial charge in [-0.05, 0) is 55.3 Å². The van der Waals surface area contributed by atoms with E-state index in [4.69, 9.17) is 21.3 Å². The van der Waals surface area contributed by atoms with Crippen molar-refractivity contribution in [2.75, 3.05) is 22.4 Å². The summed E-state index contributed by atoms with van der Waals surface area (Å²) in [5, 5.41) is 0. The van der Waals surface area contributed by atoms with Crippen molar-refractivity contribution in [1.82, 2.24) is 0 Å². The van der Waals surface area contributed by atoms with Gasteiger partial charge in [-0.2, -0.15) is 0 Å². The fourth-order valence-corrected chi connectivity index (χ4v) is 6.09. The van der Waals surface area contributed by atoms with Crippen molar-refractivity contribution < 1.29 is 14.3 Å². The standard InChI is InChI=1S/C34H33ClN2O3/c1-3-5-21-36(22-6-4-2)24-13-11-14-25(23-24)37(35)29-18-12-20-31-32(29)34(28-17-9-10-19-30(28)39-31)27-16-8-7-15-26(27)33(38)40-34/h7-20,23H,3-6,21-22H2,1-2H3. The van der Waals surface area contributed by atoms with Crippen LogP contribution in [0.1, 0.15) is 66.6 Å². The van der Waals surface area contributed by atoms with Gasteiger partial charge < -0.3 is 14.4 Å². The first-order chi connectivity index (χ1) is 19.6. The van der Waals surface area contributed by atoms with Crippen LogP contribution in [0.4, 0.5) is 17.1 Å². The SMILES string of the molecule is CCCCN(CCCC)c1cccc(N(Cl)c2cccc3c2C2(OC(=O)c4ccccc42)c2ccccc2O3)c1. The lowest BCUT2D eigenvalue weighted by Gasteiger charge is -2.38. The second-order valence-corrected chi connectivity index (χ2v) is 10.7. The number of esters is 1. The minimum absolute atomic E-state index is 0.362. The number of rotatable bonds is 9. The normalized spacial score (nSPS) is 16.5. The molecule has 6 rings (SSSR count). The Labute approximate surface area is 241 Å². The van der Waals surface area contributed by atoms with E-state index in [1.807, 2.05) is 78.9 Å². The van der Waals surface area contributed by atoms with Crippen molar-refractivity contribution in [1.29, 1.82) is 0 Å². The van der Waals surface area contributed by atoms with Crippen LogP contribution in [0.3, 0.4) is 0 Å². The van der Waals surface area contributed by atoms with E-state index in [2.05, 4.69) is 30.9 Å². The van der Waals surface area contributed by atoms with Crippen LogP contribution in [-0.2, 0) is 10.3 Å². The van der Waals surface area contributed by atoms with Crippen LogP contribution in [0, 0.1) is 0 Å². The van der Waals surface area contributed by atoms with Crippen LogP contribution in [0.5, 0.6) is 11.5 Å². The molecule has 1 spiro atoms. The van der Waals surface area contributed by atoms with Crippen LogP contribution in [0.25, 0.3) is 0 Å². The number of carbonyl (C=O) groups excluding carboxylic acids is 1. The Morgan fingerprint density at radius 2 is 1.40 bits per heavy atom. The number of hydrogen-bond donors (Lipinski definition) is 0. The average molecular weight is 553 g/mol. The van der Waals surface area contributed by atoms with Gasteiger partial charge in [-0.1, -0.05) is 75.2 Å². The summed E-state index contributed by atoms with van der Waals surface area (Å²) in [7, 11) is 0. The highest BCUT2D eigenvalue weighted by Gasteiger charge is 2.55. The highest BCUT2D eigenvalue weighted by Crippen LogP contribution is 2.59.